The number of hydrogen-bond acceptors (Lipinski definition) is 4. The van der Waals surface area contributed by atoms with Gasteiger partial charge in [-0.15, -0.1) is 0 Å². The van der Waals surface area contributed by atoms with E-state index in [-0.39, 0.29) is 17.7 Å². The number of carbonyl (C=O) groups excluding carboxylic acids is 1. The highest BCUT2D eigenvalue weighted by Crippen LogP contribution is 2.36. The Morgan fingerprint density at radius 3 is 2.10 bits per heavy atom. The second-order valence-electron chi connectivity index (χ2n) is 5.71. The Balaban J connectivity index is 2.52. The van der Waals surface area contributed by atoms with Crippen molar-refractivity contribution in [2.24, 2.45) is 0 Å². The van der Waals surface area contributed by atoms with Crippen molar-refractivity contribution in [3.63, 3.8) is 0 Å². The molecule has 1 fully saturated rings. The highest BCUT2D eigenvalue weighted by molar-refractivity contribution is 8.26. The predicted octanol–water partition coefficient (Wildman–Crippen LogP) is 4.13. The summed E-state index contributed by atoms with van der Waals surface area (Å²) in [6.45, 7) is 8.18. The fourth-order valence-corrected chi connectivity index (χ4v) is 3.28. The van der Waals surface area contributed by atoms with E-state index in [1.54, 1.807) is 0 Å². The Labute approximate surface area is 134 Å². The van der Waals surface area contributed by atoms with E-state index < -0.39 is 0 Å². The van der Waals surface area contributed by atoms with Crippen LogP contribution in [0.15, 0.2) is 17.0 Å². The second kappa shape index (κ2) is 6.20. The number of carbonyl (C=O) groups is 1. The molecule has 0 aliphatic carbocycles. The van der Waals surface area contributed by atoms with Gasteiger partial charge in [0.15, 0.2) is 0 Å². The maximum absolute atomic E-state index is 11.8. The topological polar surface area (TPSA) is 49.3 Å². The molecule has 0 unspecified atom stereocenters. The highest BCUT2D eigenvalue weighted by Gasteiger charge is 2.22. The third kappa shape index (κ3) is 3.47. The van der Waals surface area contributed by atoms with Crippen LogP contribution >= 0.6 is 24.0 Å². The molecule has 2 rings (SSSR count). The second-order valence-corrected chi connectivity index (χ2v) is 7.43. The zero-order valence-corrected chi connectivity index (χ0v) is 14.2. The van der Waals surface area contributed by atoms with Crippen LogP contribution in [0, 0.1) is 0 Å². The summed E-state index contributed by atoms with van der Waals surface area (Å²) in [5.41, 5.74) is 2.72. The summed E-state index contributed by atoms with van der Waals surface area (Å²) in [6, 6.07) is 3.88. The Hall–Kier alpha value is -1.33. The normalized spacial score (nSPS) is 17.1. The molecule has 1 aromatic carbocycles. The molecule has 1 aliphatic rings. The van der Waals surface area contributed by atoms with E-state index in [0.29, 0.717) is 15.0 Å². The van der Waals surface area contributed by atoms with Crippen molar-refractivity contribution in [1.29, 1.82) is 0 Å². The molecule has 0 bridgehead atoms. The maximum atomic E-state index is 11.8. The maximum Gasteiger partial charge on any atom is 0.263 e. The average molecular weight is 321 g/mol. The number of nitrogens with one attached hydrogen (secondary N) is 1. The first-order valence-electron chi connectivity index (χ1n) is 6.91. The molecular weight excluding hydrogens is 302 g/mol. The average Bonchev–Trinajstić information content (AvgIpc) is 2.69. The van der Waals surface area contributed by atoms with Gasteiger partial charge < -0.3 is 10.4 Å². The van der Waals surface area contributed by atoms with Crippen molar-refractivity contribution < 1.29 is 9.90 Å². The van der Waals surface area contributed by atoms with Crippen molar-refractivity contribution in [1.82, 2.24) is 5.32 Å². The lowest BCUT2D eigenvalue weighted by molar-refractivity contribution is -0.115. The quantitative estimate of drug-likeness (QED) is 0.649. The molecule has 1 aliphatic heterocycles. The lowest BCUT2D eigenvalue weighted by atomic mass is 9.91. The van der Waals surface area contributed by atoms with Gasteiger partial charge in [-0.05, 0) is 46.7 Å². The van der Waals surface area contributed by atoms with E-state index in [2.05, 4.69) is 5.32 Å². The third-order valence-electron chi connectivity index (χ3n) is 3.38. The minimum absolute atomic E-state index is 0.157. The standard InChI is InChI=1S/C16H19NO2S2/c1-8(2)11-5-10(6-12(9(3)4)14(11)18)7-13-15(19)17-16(20)21-13/h5-9,18H,1-4H3,(H,17,19,20). The summed E-state index contributed by atoms with van der Waals surface area (Å²) in [5.74, 6) is 0.635. The molecule has 2 N–H and O–H groups in total. The molecule has 5 heteroatoms. The predicted molar refractivity (Wildman–Crippen MR) is 92.6 cm³/mol. The van der Waals surface area contributed by atoms with E-state index in [1.807, 2.05) is 45.9 Å². The zero-order valence-electron chi connectivity index (χ0n) is 12.6. The Kier molecular flexibility index (Phi) is 4.74. The summed E-state index contributed by atoms with van der Waals surface area (Å²) in [5, 5.41) is 13.0. The molecule has 112 valence electrons. The minimum Gasteiger partial charge on any atom is -0.507 e. The number of hydrogen-bond donors (Lipinski definition) is 2. The molecule has 21 heavy (non-hydrogen) atoms. The summed E-state index contributed by atoms with van der Waals surface area (Å²) < 4.78 is 0.484. The van der Waals surface area contributed by atoms with Crippen LogP contribution in [0.2, 0.25) is 0 Å². The van der Waals surface area contributed by atoms with Crippen molar-refractivity contribution in [3.8, 4) is 5.75 Å². The van der Waals surface area contributed by atoms with Crippen LogP contribution in [-0.2, 0) is 4.79 Å². The van der Waals surface area contributed by atoms with Gasteiger partial charge >= 0.3 is 0 Å². The van der Waals surface area contributed by atoms with Crippen LogP contribution in [0.25, 0.3) is 6.08 Å². The van der Waals surface area contributed by atoms with Gasteiger partial charge in [0.05, 0.1) is 4.91 Å². The number of thiocarbonyl (C=S) groups is 1. The monoisotopic (exact) mass is 321 g/mol. The molecule has 1 aromatic rings. The van der Waals surface area contributed by atoms with Crippen LogP contribution < -0.4 is 5.32 Å². The summed E-state index contributed by atoms with van der Waals surface area (Å²) in [7, 11) is 0. The van der Waals surface area contributed by atoms with Crippen LogP contribution in [0.4, 0.5) is 0 Å². The SMILES string of the molecule is CC(C)c1cc(C=C2SC(=S)NC2=O)cc(C(C)C)c1O. The number of aromatic hydroxyl groups is 1. The first-order chi connectivity index (χ1) is 9.79. The number of rotatable bonds is 3. The number of amides is 1. The smallest absolute Gasteiger partial charge is 0.263 e. The van der Waals surface area contributed by atoms with E-state index in [4.69, 9.17) is 12.2 Å². The fraction of sp³-hybridized carbons (Fsp3) is 0.375. The van der Waals surface area contributed by atoms with E-state index in [9.17, 15) is 9.90 Å². The van der Waals surface area contributed by atoms with Gasteiger partial charge in [0, 0.05) is 0 Å². The van der Waals surface area contributed by atoms with Gasteiger partial charge in [0.1, 0.15) is 10.1 Å². The molecule has 1 amide bonds. The van der Waals surface area contributed by atoms with Gasteiger partial charge in [0.2, 0.25) is 0 Å². The molecule has 1 saturated heterocycles. The van der Waals surface area contributed by atoms with Gasteiger partial charge in [-0.2, -0.15) is 0 Å². The first kappa shape index (κ1) is 16.0. The van der Waals surface area contributed by atoms with Crippen LogP contribution in [0.3, 0.4) is 0 Å². The Morgan fingerprint density at radius 1 is 1.19 bits per heavy atom. The Bertz CT molecular complexity index is 604. The van der Waals surface area contributed by atoms with Gasteiger partial charge in [-0.1, -0.05) is 51.7 Å². The van der Waals surface area contributed by atoms with Gasteiger partial charge in [-0.25, -0.2) is 0 Å². The summed E-state index contributed by atoms with van der Waals surface area (Å²) >= 11 is 6.27. The molecule has 0 atom stereocenters. The third-order valence-corrected chi connectivity index (χ3v) is 4.54. The largest absolute Gasteiger partial charge is 0.507 e. The molecule has 0 saturated carbocycles. The number of phenolic OH excluding ortho intramolecular Hbond substituents is 1. The number of thioether (sulfide) groups is 1. The minimum atomic E-state index is -0.157. The van der Waals surface area contributed by atoms with Crippen LogP contribution in [-0.4, -0.2) is 15.3 Å². The van der Waals surface area contributed by atoms with Gasteiger partial charge in [0.25, 0.3) is 5.91 Å². The van der Waals surface area contributed by atoms with Crippen LogP contribution in [0.1, 0.15) is 56.2 Å². The molecule has 0 aromatic heterocycles. The van der Waals surface area contributed by atoms with Crippen molar-refractivity contribution >= 4 is 40.3 Å². The van der Waals surface area contributed by atoms with Crippen LogP contribution in [0.5, 0.6) is 5.75 Å². The van der Waals surface area contributed by atoms with E-state index >= 15 is 0 Å². The van der Waals surface area contributed by atoms with Gasteiger partial charge in [-0.3, -0.25) is 4.79 Å². The molecule has 0 radical (unpaired) electrons. The molecule has 1 heterocycles. The lowest BCUT2D eigenvalue weighted by Gasteiger charge is -2.16. The lowest BCUT2D eigenvalue weighted by Crippen LogP contribution is -2.17. The molecule has 0 spiro atoms. The van der Waals surface area contributed by atoms with Crippen molar-refractivity contribution in [3.05, 3.63) is 33.7 Å². The van der Waals surface area contributed by atoms with Crippen molar-refractivity contribution in [2.45, 2.75) is 39.5 Å². The summed E-state index contributed by atoms with van der Waals surface area (Å²) in [4.78, 5) is 12.3. The number of benzene rings is 1. The van der Waals surface area contributed by atoms with Crippen molar-refractivity contribution in [2.75, 3.05) is 0 Å². The van der Waals surface area contributed by atoms with E-state index in [0.717, 1.165) is 16.7 Å². The Morgan fingerprint density at radius 2 is 1.71 bits per heavy atom. The zero-order chi connectivity index (χ0) is 15.7. The fourth-order valence-electron chi connectivity index (χ4n) is 2.24. The highest BCUT2D eigenvalue weighted by atomic mass is 32.2. The number of phenols is 1. The summed E-state index contributed by atoms with van der Waals surface area (Å²) in [6.07, 6.45) is 1.83. The molecular formula is C16H19NO2S2. The molecule has 3 nitrogen and oxygen atoms in total. The van der Waals surface area contributed by atoms with E-state index in [1.165, 1.54) is 11.8 Å². The first-order valence-corrected chi connectivity index (χ1v) is 8.13.